The third-order valence-corrected chi connectivity index (χ3v) is 4.42. The van der Waals surface area contributed by atoms with Crippen LogP contribution < -0.4 is 0 Å². The molecule has 1 aromatic rings. The number of hydrogen-bond acceptors (Lipinski definition) is 2. The molecule has 1 N–H and O–H groups in total. The fourth-order valence-corrected chi connectivity index (χ4v) is 2.99. The summed E-state index contributed by atoms with van der Waals surface area (Å²) in [5.74, 6) is -2.29. The second kappa shape index (κ2) is 5.91. The Kier molecular flexibility index (Phi) is 4.42. The first-order valence-corrected chi connectivity index (χ1v) is 7.20. The van der Waals surface area contributed by atoms with Crippen molar-refractivity contribution < 1.29 is 19.1 Å². The van der Waals surface area contributed by atoms with Crippen LogP contribution in [0.4, 0.5) is 4.39 Å². The summed E-state index contributed by atoms with van der Waals surface area (Å²) in [6.07, 6.45) is 1.20. The van der Waals surface area contributed by atoms with Crippen LogP contribution in [-0.2, 0) is 4.79 Å². The zero-order valence-corrected chi connectivity index (χ0v) is 12.6. The van der Waals surface area contributed by atoms with E-state index in [-0.39, 0.29) is 11.5 Å². The van der Waals surface area contributed by atoms with Crippen LogP contribution in [0.2, 0.25) is 0 Å². The van der Waals surface area contributed by atoms with Crippen molar-refractivity contribution in [2.75, 3.05) is 6.54 Å². The largest absolute Gasteiger partial charge is 0.481 e. The molecule has 4 nitrogen and oxygen atoms in total. The molecule has 108 valence electrons. The molecule has 1 fully saturated rings. The molecule has 2 atom stereocenters. The lowest BCUT2D eigenvalue weighted by Gasteiger charge is -2.37. The number of piperidine rings is 1. The Morgan fingerprint density at radius 3 is 2.80 bits per heavy atom. The van der Waals surface area contributed by atoms with Gasteiger partial charge in [0.05, 0.1) is 11.5 Å². The third kappa shape index (κ3) is 2.85. The van der Waals surface area contributed by atoms with Crippen molar-refractivity contribution in [2.24, 2.45) is 5.92 Å². The number of halogens is 2. The highest BCUT2D eigenvalue weighted by Gasteiger charge is 2.36. The van der Waals surface area contributed by atoms with Gasteiger partial charge in [-0.2, -0.15) is 0 Å². The number of carbonyl (C=O) groups excluding carboxylic acids is 1. The van der Waals surface area contributed by atoms with Crippen molar-refractivity contribution >= 4 is 27.8 Å². The Labute approximate surface area is 124 Å². The topological polar surface area (TPSA) is 57.6 Å². The molecule has 1 aromatic carbocycles. The Hall–Kier alpha value is -1.43. The lowest BCUT2D eigenvalue weighted by atomic mass is 9.90. The van der Waals surface area contributed by atoms with Crippen molar-refractivity contribution in [3.05, 3.63) is 34.1 Å². The smallest absolute Gasteiger partial charge is 0.308 e. The van der Waals surface area contributed by atoms with Crippen molar-refractivity contribution in [2.45, 2.75) is 25.8 Å². The lowest BCUT2D eigenvalue weighted by Crippen LogP contribution is -2.49. The number of carbonyl (C=O) groups is 2. The van der Waals surface area contributed by atoms with Gasteiger partial charge in [0.2, 0.25) is 0 Å². The SMILES string of the molecule is C[C@@H]1[C@H](C(=O)O)CCCN1C(=O)c1cc(F)ccc1Br. The van der Waals surface area contributed by atoms with Gasteiger partial charge in [-0.15, -0.1) is 0 Å². The minimum atomic E-state index is -0.895. The minimum Gasteiger partial charge on any atom is -0.481 e. The number of aliphatic carboxylic acids is 1. The number of carboxylic acid groups (broad SMARTS) is 1. The average Bonchev–Trinajstić information content (AvgIpc) is 2.40. The highest BCUT2D eigenvalue weighted by Crippen LogP contribution is 2.27. The predicted molar refractivity (Wildman–Crippen MR) is 75.0 cm³/mol. The predicted octanol–water partition coefficient (Wildman–Crippen LogP) is 2.91. The van der Waals surface area contributed by atoms with E-state index in [1.54, 1.807) is 6.92 Å². The summed E-state index contributed by atoms with van der Waals surface area (Å²) >= 11 is 3.23. The van der Waals surface area contributed by atoms with Gasteiger partial charge in [-0.1, -0.05) is 0 Å². The van der Waals surface area contributed by atoms with Gasteiger partial charge >= 0.3 is 5.97 Å². The summed E-state index contributed by atoms with van der Waals surface area (Å²) in [6, 6.07) is 3.51. The molecule has 6 heteroatoms. The van der Waals surface area contributed by atoms with Gasteiger partial charge in [0.25, 0.3) is 5.91 Å². The molecular formula is C14H15BrFNO3. The lowest BCUT2D eigenvalue weighted by molar-refractivity contribution is -0.144. The second-order valence-electron chi connectivity index (χ2n) is 4.95. The molecule has 0 aliphatic carbocycles. The van der Waals surface area contributed by atoms with Gasteiger partial charge in [-0.3, -0.25) is 9.59 Å². The molecule has 1 amide bonds. The standard InChI is InChI=1S/C14H15BrFNO3/c1-8-10(14(19)20)3-2-6-17(8)13(18)11-7-9(16)4-5-12(11)15/h4-5,7-8,10H,2-3,6H2,1H3,(H,19,20)/t8-,10-/m1/s1. The van der Waals surface area contributed by atoms with Gasteiger partial charge in [0, 0.05) is 17.1 Å². The fraction of sp³-hybridized carbons (Fsp3) is 0.429. The van der Waals surface area contributed by atoms with Crippen molar-refractivity contribution in [1.82, 2.24) is 4.90 Å². The summed E-state index contributed by atoms with van der Waals surface area (Å²) < 4.78 is 13.8. The normalized spacial score (nSPS) is 22.6. The fourth-order valence-electron chi connectivity index (χ4n) is 2.58. The highest BCUT2D eigenvalue weighted by molar-refractivity contribution is 9.10. The molecule has 20 heavy (non-hydrogen) atoms. The summed E-state index contributed by atoms with van der Waals surface area (Å²) in [7, 11) is 0. The molecule has 1 aliphatic heterocycles. The van der Waals surface area contributed by atoms with Crippen LogP contribution in [0, 0.1) is 11.7 Å². The quantitative estimate of drug-likeness (QED) is 0.898. The van der Waals surface area contributed by atoms with E-state index in [2.05, 4.69) is 15.9 Å². The molecule has 1 saturated heterocycles. The first-order valence-electron chi connectivity index (χ1n) is 6.40. The van der Waals surface area contributed by atoms with Crippen LogP contribution >= 0.6 is 15.9 Å². The number of carboxylic acids is 1. The Morgan fingerprint density at radius 1 is 1.45 bits per heavy atom. The van der Waals surface area contributed by atoms with E-state index in [0.29, 0.717) is 23.9 Å². The van der Waals surface area contributed by atoms with Crippen molar-refractivity contribution in [1.29, 1.82) is 0 Å². The molecule has 0 radical (unpaired) electrons. The first kappa shape index (κ1) is 15.0. The third-order valence-electron chi connectivity index (χ3n) is 3.72. The Balaban J connectivity index is 2.28. The summed E-state index contributed by atoms with van der Waals surface area (Å²) in [5, 5.41) is 9.17. The maximum atomic E-state index is 13.3. The molecule has 0 saturated carbocycles. The molecule has 0 bridgehead atoms. The number of likely N-dealkylation sites (tertiary alicyclic amines) is 1. The van der Waals surface area contributed by atoms with E-state index in [1.807, 2.05) is 0 Å². The van der Waals surface area contributed by atoms with Crippen LogP contribution in [-0.4, -0.2) is 34.5 Å². The molecule has 1 heterocycles. The summed E-state index contributed by atoms with van der Waals surface area (Å²) in [4.78, 5) is 25.2. The van der Waals surface area contributed by atoms with E-state index in [9.17, 15) is 19.1 Å². The highest BCUT2D eigenvalue weighted by atomic mass is 79.9. The average molecular weight is 344 g/mol. The monoisotopic (exact) mass is 343 g/mol. The van der Waals surface area contributed by atoms with Crippen molar-refractivity contribution in [3.63, 3.8) is 0 Å². The van der Waals surface area contributed by atoms with Crippen LogP contribution in [0.15, 0.2) is 22.7 Å². The number of hydrogen-bond donors (Lipinski definition) is 1. The number of nitrogens with zero attached hydrogens (tertiary/aromatic N) is 1. The van der Waals surface area contributed by atoms with E-state index in [0.717, 1.165) is 0 Å². The molecule has 1 aliphatic rings. The summed E-state index contributed by atoms with van der Waals surface area (Å²) in [5.41, 5.74) is 0.225. The van der Waals surface area contributed by atoms with Gasteiger partial charge in [-0.25, -0.2) is 4.39 Å². The number of rotatable bonds is 2. The van der Waals surface area contributed by atoms with Crippen LogP contribution in [0.5, 0.6) is 0 Å². The molecular weight excluding hydrogens is 329 g/mol. The van der Waals surface area contributed by atoms with Crippen molar-refractivity contribution in [3.8, 4) is 0 Å². The summed E-state index contributed by atoms with van der Waals surface area (Å²) in [6.45, 7) is 2.22. The van der Waals surface area contributed by atoms with Gasteiger partial charge in [-0.05, 0) is 53.9 Å². The first-order chi connectivity index (χ1) is 9.41. The van der Waals surface area contributed by atoms with Gasteiger partial charge in [0.1, 0.15) is 5.82 Å². The molecule has 0 aromatic heterocycles. The Bertz CT molecular complexity index is 549. The van der Waals surface area contributed by atoms with Gasteiger partial charge in [0.15, 0.2) is 0 Å². The minimum absolute atomic E-state index is 0.225. The van der Waals surface area contributed by atoms with E-state index in [4.69, 9.17) is 0 Å². The van der Waals surface area contributed by atoms with Gasteiger partial charge < -0.3 is 10.0 Å². The van der Waals surface area contributed by atoms with Crippen LogP contribution in [0.25, 0.3) is 0 Å². The maximum Gasteiger partial charge on any atom is 0.308 e. The molecule has 0 spiro atoms. The van der Waals surface area contributed by atoms with E-state index < -0.39 is 23.7 Å². The molecule has 2 rings (SSSR count). The number of benzene rings is 1. The van der Waals surface area contributed by atoms with Crippen LogP contribution in [0.1, 0.15) is 30.1 Å². The van der Waals surface area contributed by atoms with E-state index in [1.165, 1.54) is 23.1 Å². The zero-order chi connectivity index (χ0) is 14.9. The second-order valence-corrected chi connectivity index (χ2v) is 5.80. The van der Waals surface area contributed by atoms with E-state index >= 15 is 0 Å². The Morgan fingerprint density at radius 2 is 2.15 bits per heavy atom. The zero-order valence-electron chi connectivity index (χ0n) is 11.0. The number of amides is 1. The van der Waals surface area contributed by atoms with Crippen LogP contribution in [0.3, 0.4) is 0 Å². The molecule has 0 unspecified atom stereocenters. The maximum absolute atomic E-state index is 13.3.